The maximum absolute atomic E-state index is 12.6. The second-order valence-corrected chi connectivity index (χ2v) is 9.47. The van der Waals surface area contributed by atoms with E-state index in [1.54, 1.807) is 18.3 Å². The number of fused-ring (bicyclic) bond motifs is 1. The van der Waals surface area contributed by atoms with Gasteiger partial charge in [0.1, 0.15) is 4.90 Å². The first-order chi connectivity index (χ1) is 10.3. The number of sulfonamides is 1. The van der Waals surface area contributed by atoms with Crippen LogP contribution in [-0.2, 0) is 19.9 Å². The number of sulfone groups is 1. The Labute approximate surface area is 129 Å². The molecule has 0 saturated carbocycles. The number of aryl methyl sites for hydroxylation is 1. The zero-order valence-electron chi connectivity index (χ0n) is 12.0. The van der Waals surface area contributed by atoms with Gasteiger partial charge in [0.15, 0.2) is 9.84 Å². The SMILES string of the molecule is Cc1cnc2c(S(=O)(=O)N[C@@H]3CCS(=O)(=O)C3)cccc2c1. The molecule has 0 spiro atoms. The molecule has 0 unspecified atom stereocenters. The van der Waals surface area contributed by atoms with Gasteiger partial charge in [-0.25, -0.2) is 21.6 Å². The number of rotatable bonds is 3. The lowest BCUT2D eigenvalue weighted by atomic mass is 10.2. The first-order valence-electron chi connectivity index (χ1n) is 6.85. The third-order valence-electron chi connectivity index (χ3n) is 3.65. The third-order valence-corrected chi connectivity index (χ3v) is 6.97. The molecule has 0 aliphatic carbocycles. The van der Waals surface area contributed by atoms with Crippen molar-refractivity contribution in [2.24, 2.45) is 0 Å². The van der Waals surface area contributed by atoms with Crippen molar-refractivity contribution in [2.45, 2.75) is 24.3 Å². The molecule has 1 saturated heterocycles. The number of aromatic nitrogens is 1. The van der Waals surface area contributed by atoms with Gasteiger partial charge in [-0.15, -0.1) is 0 Å². The molecule has 1 N–H and O–H groups in total. The Hall–Kier alpha value is -1.51. The predicted octanol–water partition coefficient (Wildman–Crippen LogP) is 1.01. The summed E-state index contributed by atoms with van der Waals surface area (Å²) in [5.41, 5.74) is 1.33. The van der Waals surface area contributed by atoms with Crippen molar-refractivity contribution in [3.8, 4) is 0 Å². The average Bonchev–Trinajstić information content (AvgIpc) is 2.76. The second-order valence-electron chi connectivity index (χ2n) is 5.56. The monoisotopic (exact) mass is 340 g/mol. The Morgan fingerprint density at radius 1 is 1.32 bits per heavy atom. The number of benzene rings is 1. The van der Waals surface area contributed by atoms with E-state index in [4.69, 9.17) is 0 Å². The lowest BCUT2D eigenvalue weighted by molar-refractivity contribution is 0.563. The quantitative estimate of drug-likeness (QED) is 0.900. The molecule has 1 atom stereocenters. The fraction of sp³-hybridized carbons (Fsp3) is 0.357. The summed E-state index contributed by atoms with van der Waals surface area (Å²) in [6.45, 7) is 1.88. The van der Waals surface area contributed by atoms with Gasteiger partial charge in [0, 0.05) is 17.6 Å². The molecule has 1 aromatic carbocycles. The van der Waals surface area contributed by atoms with E-state index in [0.29, 0.717) is 11.9 Å². The van der Waals surface area contributed by atoms with Crippen molar-refractivity contribution in [3.05, 3.63) is 36.0 Å². The fourth-order valence-corrected chi connectivity index (χ4v) is 5.86. The van der Waals surface area contributed by atoms with Crippen molar-refractivity contribution < 1.29 is 16.8 Å². The van der Waals surface area contributed by atoms with E-state index in [-0.39, 0.29) is 16.4 Å². The predicted molar refractivity (Wildman–Crippen MR) is 83.9 cm³/mol. The highest BCUT2D eigenvalue weighted by atomic mass is 32.2. The molecule has 1 fully saturated rings. The Kier molecular flexibility index (Phi) is 3.70. The van der Waals surface area contributed by atoms with Crippen LogP contribution in [0, 0.1) is 6.92 Å². The van der Waals surface area contributed by atoms with Gasteiger partial charge in [-0.2, -0.15) is 0 Å². The number of para-hydroxylation sites is 1. The summed E-state index contributed by atoms with van der Waals surface area (Å²) >= 11 is 0. The first-order valence-corrected chi connectivity index (χ1v) is 10.2. The normalized spacial score (nSPS) is 21.2. The number of nitrogens with zero attached hydrogens (tertiary/aromatic N) is 1. The molecule has 2 heterocycles. The summed E-state index contributed by atoms with van der Waals surface area (Å²) in [6, 6.07) is 6.23. The summed E-state index contributed by atoms with van der Waals surface area (Å²) in [6.07, 6.45) is 1.92. The fourth-order valence-electron chi connectivity index (χ4n) is 2.63. The molecule has 22 heavy (non-hydrogen) atoms. The van der Waals surface area contributed by atoms with Gasteiger partial charge in [-0.1, -0.05) is 12.1 Å². The number of nitrogens with one attached hydrogen (secondary N) is 1. The molecule has 118 valence electrons. The smallest absolute Gasteiger partial charge is 0.243 e. The molecule has 3 rings (SSSR count). The van der Waals surface area contributed by atoms with E-state index in [9.17, 15) is 16.8 Å². The van der Waals surface area contributed by atoms with Gasteiger partial charge >= 0.3 is 0 Å². The van der Waals surface area contributed by atoms with E-state index < -0.39 is 25.9 Å². The molecule has 2 aromatic rings. The number of hydrogen-bond acceptors (Lipinski definition) is 5. The molecule has 0 radical (unpaired) electrons. The van der Waals surface area contributed by atoms with E-state index in [0.717, 1.165) is 10.9 Å². The van der Waals surface area contributed by atoms with E-state index >= 15 is 0 Å². The van der Waals surface area contributed by atoms with Gasteiger partial charge in [0.2, 0.25) is 10.0 Å². The summed E-state index contributed by atoms with van der Waals surface area (Å²) < 4.78 is 50.5. The van der Waals surface area contributed by atoms with Crippen LogP contribution in [0.3, 0.4) is 0 Å². The molecule has 6 nitrogen and oxygen atoms in total. The van der Waals surface area contributed by atoms with Gasteiger partial charge in [0.25, 0.3) is 0 Å². The Morgan fingerprint density at radius 2 is 2.09 bits per heavy atom. The maximum atomic E-state index is 12.6. The van der Waals surface area contributed by atoms with Crippen LogP contribution >= 0.6 is 0 Å². The van der Waals surface area contributed by atoms with Gasteiger partial charge < -0.3 is 0 Å². The van der Waals surface area contributed by atoms with Crippen LogP contribution in [0.15, 0.2) is 35.4 Å². The van der Waals surface area contributed by atoms with Crippen molar-refractivity contribution >= 4 is 30.8 Å². The van der Waals surface area contributed by atoms with Crippen molar-refractivity contribution in [1.29, 1.82) is 0 Å². The molecular formula is C14H16N2O4S2. The highest BCUT2D eigenvalue weighted by molar-refractivity contribution is 7.92. The van der Waals surface area contributed by atoms with Crippen LogP contribution in [0.5, 0.6) is 0 Å². The lowest BCUT2D eigenvalue weighted by Crippen LogP contribution is -2.35. The largest absolute Gasteiger partial charge is 0.255 e. The lowest BCUT2D eigenvalue weighted by Gasteiger charge is -2.13. The second kappa shape index (κ2) is 5.29. The summed E-state index contributed by atoms with van der Waals surface area (Å²) in [4.78, 5) is 4.29. The topological polar surface area (TPSA) is 93.2 Å². The maximum Gasteiger partial charge on any atom is 0.243 e. The summed E-state index contributed by atoms with van der Waals surface area (Å²) in [7, 11) is -6.95. The van der Waals surface area contributed by atoms with Crippen LogP contribution in [0.2, 0.25) is 0 Å². The zero-order chi connectivity index (χ0) is 16.0. The summed E-state index contributed by atoms with van der Waals surface area (Å²) in [5, 5.41) is 0.738. The van der Waals surface area contributed by atoms with Crippen LogP contribution in [0.4, 0.5) is 0 Å². The Balaban J connectivity index is 1.99. The Morgan fingerprint density at radius 3 is 2.77 bits per heavy atom. The van der Waals surface area contributed by atoms with Crippen molar-refractivity contribution in [1.82, 2.24) is 9.71 Å². The standard InChI is InChI=1S/C14H16N2O4S2/c1-10-7-11-3-2-4-13(14(11)15-8-10)22(19,20)16-12-5-6-21(17,18)9-12/h2-4,7-8,12,16H,5-6,9H2,1H3/t12-/m1/s1. The highest BCUT2D eigenvalue weighted by Crippen LogP contribution is 2.23. The van der Waals surface area contributed by atoms with Crippen LogP contribution < -0.4 is 4.72 Å². The van der Waals surface area contributed by atoms with Gasteiger partial charge in [-0.3, -0.25) is 4.98 Å². The molecule has 1 aromatic heterocycles. The van der Waals surface area contributed by atoms with Crippen LogP contribution in [0.1, 0.15) is 12.0 Å². The van der Waals surface area contributed by atoms with E-state index in [1.165, 1.54) is 6.07 Å². The minimum Gasteiger partial charge on any atom is -0.255 e. The molecule has 0 bridgehead atoms. The Bertz CT molecular complexity index is 936. The minimum atomic E-state index is -3.81. The molecule has 8 heteroatoms. The minimum absolute atomic E-state index is 0.0210. The zero-order valence-corrected chi connectivity index (χ0v) is 13.6. The van der Waals surface area contributed by atoms with Gasteiger partial charge in [-0.05, 0) is 31.0 Å². The molecule has 1 aliphatic heterocycles. The third kappa shape index (κ3) is 2.99. The van der Waals surface area contributed by atoms with Crippen LogP contribution in [0.25, 0.3) is 10.9 Å². The first kappa shape index (κ1) is 15.4. The molecule has 0 amide bonds. The van der Waals surface area contributed by atoms with Gasteiger partial charge in [0.05, 0.1) is 17.0 Å². The summed E-state index contributed by atoms with van der Waals surface area (Å²) in [5.74, 6) is -0.128. The van der Waals surface area contributed by atoms with E-state index in [2.05, 4.69) is 9.71 Å². The van der Waals surface area contributed by atoms with E-state index in [1.807, 2.05) is 13.0 Å². The number of pyridine rings is 1. The number of hydrogen-bond donors (Lipinski definition) is 1. The molecule has 1 aliphatic rings. The van der Waals surface area contributed by atoms with Crippen LogP contribution in [-0.4, -0.2) is 39.4 Å². The molecular weight excluding hydrogens is 324 g/mol. The highest BCUT2D eigenvalue weighted by Gasteiger charge is 2.32. The van der Waals surface area contributed by atoms with Crippen molar-refractivity contribution in [2.75, 3.05) is 11.5 Å². The average molecular weight is 340 g/mol. The van der Waals surface area contributed by atoms with Crippen molar-refractivity contribution in [3.63, 3.8) is 0 Å².